The van der Waals surface area contributed by atoms with Crippen molar-refractivity contribution in [2.24, 2.45) is 0 Å². The highest BCUT2D eigenvalue weighted by molar-refractivity contribution is 5.76. The SMILES string of the molecule is COc1cc(/C=C\c2nc3ccccc3o2)ccc1OCC(=O)O. The number of carboxylic acids is 1. The molecule has 0 radical (unpaired) electrons. The number of methoxy groups -OCH3 is 1. The molecule has 122 valence electrons. The summed E-state index contributed by atoms with van der Waals surface area (Å²) in [5.41, 5.74) is 2.37. The Bertz CT molecular complexity index is 864. The van der Waals surface area contributed by atoms with Crippen LogP contribution in [0.25, 0.3) is 23.3 Å². The van der Waals surface area contributed by atoms with Gasteiger partial charge in [-0.3, -0.25) is 0 Å². The number of hydrogen-bond acceptors (Lipinski definition) is 5. The number of aliphatic carboxylic acids is 1. The van der Waals surface area contributed by atoms with Gasteiger partial charge in [-0.1, -0.05) is 18.2 Å². The molecule has 0 amide bonds. The fraction of sp³-hybridized carbons (Fsp3) is 0.111. The van der Waals surface area contributed by atoms with E-state index in [1.165, 1.54) is 7.11 Å². The first kappa shape index (κ1) is 15.6. The molecule has 0 bridgehead atoms. The van der Waals surface area contributed by atoms with Gasteiger partial charge in [-0.25, -0.2) is 9.78 Å². The van der Waals surface area contributed by atoms with E-state index in [9.17, 15) is 4.79 Å². The summed E-state index contributed by atoms with van der Waals surface area (Å²) < 4.78 is 16.0. The molecule has 1 N–H and O–H groups in total. The average molecular weight is 325 g/mol. The van der Waals surface area contributed by atoms with Gasteiger partial charge in [-0.2, -0.15) is 0 Å². The summed E-state index contributed by atoms with van der Waals surface area (Å²) in [4.78, 5) is 14.9. The minimum absolute atomic E-state index is 0.374. The molecule has 0 saturated heterocycles. The number of carboxylic acid groups (broad SMARTS) is 1. The Hall–Kier alpha value is -3.28. The van der Waals surface area contributed by atoms with Crippen LogP contribution in [0.3, 0.4) is 0 Å². The quantitative estimate of drug-likeness (QED) is 0.747. The monoisotopic (exact) mass is 325 g/mol. The van der Waals surface area contributed by atoms with Crippen LogP contribution in [0.5, 0.6) is 11.5 Å². The van der Waals surface area contributed by atoms with Crippen molar-refractivity contribution < 1.29 is 23.8 Å². The van der Waals surface area contributed by atoms with E-state index in [2.05, 4.69) is 4.98 Å². The van der Waals surface area contributed by atoms with E-state index in [1.807, 2.05) is 30.3 Å². The number of ether oxygens (including phenoxy) is 2. The van der Waals surface area contributed by atoms with Gasteiger partial charge >= 0.3 is 5.97 Å². The third-order valence-electron chi connectivity index (χ3n) is 3.27. The first-order valence-corrected chi connectivity index (χ1v) is 7.22. The molecule has 24 heavy (non-hydrogen) atoms. The number of oxazole rings is 1. The number of rotatable bonds is 6. The van der Waals surface area contributed by atoms with E-state index in [0.717, 1.165) is 16.7 Å². The Balaban J connectivity index is 1.80. The summed E-state index contributed by atoms with van der Waals surface area (Å²) in [5.74, 6) is 0.285. The van der Waals surface area contributed by atoms with Gasteiger partial charge < -0.3 is 19.0 Å². The first-order chi connectivity index (χ1) is 11.7. The number of aromatic nitrogens is 1. The molecule has 0 saturated carbocycles. The highest BCUT2D eigenvalue weighted by Crippen LogP contribution is 2.29. The van der Waals surface area contributed by atoms with Crippen LogP contribution in [0.1, 0.15) is 11.5 Å². The summed E-state index contributed by atoms with van der Waals surface area (Å²) in [6.07, 6.45) is 3.58. The zero-order valence-corrected chi connectivity index (χ0v) is 12.9. The van der Waals surface area contributed by atoms with Crippen molar-refractivity contribution in [3.05, 3.63) is 53.9 Å². The standard InChI is InChI=1S/C18H15NO5/c1-22-16-10-12(6-8-15(16)23-11-18(20)21)7-9-17-19-13-4-2-3-5-14(13)24-17/h2-10H,11H2,1H3,(H,20,21)/b9-7-. The molecular weight excluding hydrogens is 310 g/mol. The van der Waals surface area contributed by atoms with Crippen LogP contribution < -0.4 is 9.47 Å². The maximum absolute atomic E-state index is 10.6. The van der Waals surface area contributed by atoms with Gasteiger partial charge in [-0.15, -0.1) is 0 Å². The lowest BCUT2D eigenvalue weighted by Crippen LogP contribution is -2.10. The fourth-order valence-corrected chi connectivity index (χ4v) is 2.18. The van der Waals surface area contributed by atoms with Gasteiger partial charge in [-0.05, 0) is 35.9 Å². The molecule has 2 aromatic carbocycles. The van der Waals surface area contributed by atoms with Crippen molar-refractivity contribution in [2.75, 3.05) is 13.7 Å². The molecule has 3 aromatic rings. The van der Waals surface area contributed by atoms with Gasteiger partial charge in [0.2, 0.25) is 5.89 Å². The molecular formula is C18H15NO5. The van der Waals surface area contributed by atoms with Crippen molar-refractivity contribution in [3.63, 3.8) is 0 Å². The lowest BCUT2D eigenvalue weighted by atomic mass is 10.2. The molecule has 3 rings (SSSR count). The van der Waals surface area contributed by atoms with E-state index < -0.39 is 12.6 Å². The predicted molar refractivity (Wildman–Crippen MR) is 89.1 cm³/mol. The van der Waals surface area contributed by atoms with Gasteiger partial charge in [0.05, 0.1) is 7.11 Å². The van der Waals surface area contributed by atoms with Crippen LogP contribution in [0, 0.1) is 0 Å². The average Bonchev–Trinajstić information content (AvgIpc) is 3.01. The number of para-hydroxylation sites is 2. The van der Waals surface area contributed by atoms with Gasteiger partial charge in [0.1, 0.15) is 5.52 Å². The molecule has 0 atom stereocenters. The minimum Gasteiger partial charge on any atom is -0.493 e. The second kappa shape index (κ2) is 6.87. The molecule has 0 unspecified atom stereocenters. The summed E-state index contributed by atoms with van der Waals surface area (Å²) >= 11 is 0. The lowest BCUT2D eigenvalue weighted by Gasteiger charge is -2.09. The normalized spacial score (nSPS) is 11.0. The maximum Gasteiger partial charge on any atom is 0.341 e. The minimum atomic E-state index is -1.04. The largest absolute Gasteiger partial charge is 0.493 e. The van der Waals surface area contributed by atoms with Crippen molar-refractivity contribution in [3.8, 4) is 11.5 Å². The third-order valence-corrected chi connectivity index (χ3v) is 3.27. The Morgan fingerprint density at radius 1 is 1.21 bits per heavy atom. The Morgan fingerprint density at radius 3 is 2.79 bits per heavy atom. The van der Waals surface area contributed by atoms with Crippen LogP contribution >= 0.6 is 0 Å². The van der Waals surface area contributed by atoms with Crippen molar-refractivity contribution in [1.82, 2.24) is 4.98 Å². The van der Waals surface area contributed by atoms with Crippen LogP contribution in [0.15, 0.2) is 46.9 Å². The maximum atomic E-state index is 10.6. The number of nitrogens with zero attached hydrogens (tertiary/aromatic N) is 1. The van der Waals surface area contributed by atoms with Crippen molar-refractivity contribution in [2.45, 2.75) is 0 Å². The molecule has 1 aromatic heterocycles. The topological polar surface area (TPSA) is 81.8 Å². The van der Waals surface area contributed by atoms with E-state index in [4.69, 9.17) is 19.0 Å². The zero-order chi connectivity index (χ0) is 16.9. The molecule has 1 heterocycles. The fourth-order valence-electron chi connectivity index (χ4n) is 2.18. The molecule has 0 aliphatic carbocycles. The smallest absolute Gasteiger partial charge is 0.341 e. The predicted octanol–water partition coefficient (Wildman–Crippen LogP) is 3.47. The van der Waals surface area contributed by atoms with Gasteiger partial charge in [0, 0.05) is 6.08 Å². The van der Waals surface area contributed by atoms with Gasteiger partial charge in [0.25, 0.3) is 0 Å². The van der Waals surface area contributed by atoms with Crippen molar-refractivity contribution in [1.29, 1.82) is 0 Å². The number of hydrogen-bond donors (Lipinski definition) is 1. The molecule has 6 nitrogen and oxygen atoms in total. The highest BCUT2D eigenvalue weighted by Gasteiger charge is 2.07. The van der Waals surface area contributed by atoms with E-state index in [-0.39, 0.29) is 0 Å². The third kappa shape index (κ3) is 3.55. The first-order valence-electron chi connectivity index (χ1n) is 7.22. The summed E-state index contributed by atoms with van der Waals surface area (Å²) in [6, 6.07) is 12.7. The van der Waals surface area contributed by atoms with Gasteiger partial charge in [0.15, 0.2) is 23.7 Å². The molecule has 0 aliphatic heterocycles. The molecule has 0 aliphatic rings. The van der Waals surface area contributed by atoms with E-state index in [0.29, 0.717) is 17.4 Å². The van der Waals surface area contributed by atoms with E-state index >= 15 is 0 Å². The highest BCUT2D eigenvalue weighted by atomic mass is 16.5. The summed E-state index contributed by atoms with van der Waals surface area (Å²) in [5, 5.41) is 8.67. The molecule has 0 fully saturated rings. The second-order valence-electron chi connectivity index (χ2n) is 4.95. The summed E-state index contributed by atoms with van der Waals surface area (Å²) in [6.45, 7) is -0.422. The van der Waals surface area contributed by atoms with Crippen LogP contribution in [-0.2, 0) is 4.79 Å². The summed E-state index contributed by atoms with van der Waals surface area (Å²) in [7, 11) is 1.50. The van der Waals surface area contributed by atoms with Crippen molar-refractivity contribution >= 4 is 29.2 Å². The molecule has 6 heteroatoms. The van der Waals surface area contributed by atoms with Crippen LogP contribution in [-0.4, -0.2) is 29.8 Å². The Morgan fingerprint density at radius 2 is 2.04 bits per heavy atom. The number of carbonyl (C=O) groups is 1. The van der Waals surface area contributed by atoms with Crippen LogP contribution in [0.2, 0.25) is 0 Å². The number of benzene rings is 2. The molecule has 0 spiro atoms. The zero-order valence-electron chi connectivity index (χ0n) is 12.9. The second-order valence-corrected chi connectivity index (χ2v) is 4.95. The van der Waals surface area contributed by atoms with Crippen LogP contribution in [0.4, 0.5) is 0 Å². The van der Waals surface area contributed by atoms with E-state index in [1.54, 1.807) is 24.3 Å². The number of fused-ring (bicyclic) bond motifs is 1. The Labute approximate surface area is 138 Å². The lowest BCUT2D eigenvalue weighted by molar-refractivity contribution is -0.139. The Kier molecular flexibility index (Phi) is 4.47.